The zero-order valence-corrected chi connectivity index (χ0v) is 19.6. The number of nitrogens with one attached hydrogen (secondary N) is 1. The molecule has 2 aromatic heterocycles. The van der Waals surface area contributed by atoms with Crippen LogP contribution in [0.5, 0.6) is 0 Å². The van der Waals surface area contributed by atoms with E-state index in [4.69, 9.17) is 0 Å². The summed E-state index contributed by atoms with van der Waals surface area (Å²) in [6.45, 7) is 10.1. The van der Waals surface area contributed by atoms with E-state index in [2.05, 4.69) is 57.0 Å². The lowest BCUT2D eigenvalue weighted by Crippen LogP contribution is -2.17. The smallest absolute Gasteiger partial charge is 0.268 e. The van der Waals surface area contributed by atoms with Crippen LogP contribution in [0, 0.1) is 39.0 Å². The van der Waals surface area contributed by atoms with E-state index < -0.39 is 5.91 Å². The Morgan fingerprint density at radius 2 is 1.91 bits per heavy atom. The zero-order chi connectivity index (χ0) is 22.8. The highest BCUT2D eigenvalue weighted by Gasteiger charge is 2.19. The number of aromatic nitrogens is 3. The Balaban J connectivity index is 1.59. The monoisotopic (exact) mass is 446 g/mol. The molecule has 7 nitrogen and oxygen atoms in total. The minimum absolute atomic E-state index is 0.0316. The quantitative estimate of drug-likeness (QED) is 0.453. The highest BCUT2D eigenvalue weighted by atomic mass is 32.1. The fraction of sp³-hybridized carbons (Fsp3) is 0.333. The van der Waals surface area contributed by atoms with Crippen molar-refractivity contribution in [2.45, 2.75) is 40.5 Å². The van der Waals surface area contributed by atoms with Crippen molar-refractivity contribution in [2.24, 2.45) is 0 Å². The number of anilines is 2. The van der Waals surface area contributed by atoms with Gasteiger partial charge in [-0.15, -0.1) is 10.2 Å². The summed E-state index contributed by atoms with van der Waals surface area (Å²) in [6, 6.07) is 10.4. The number of carbonyl (C=O) groups is 1. The molecule has 0 unspecified atom stereocenters. The van der Waals surface area contributed by atoms with Crippen LogP contribution in [0.25, 0.3) is 11.8 Å². The van der Waals surface area contributed by atoms with Crippen LogP contribution in [0.2, 0.25) is 0 Å². The van der Waals surface area contributed by atoms with E-state index in [1.165, 1.54) is 16.9 Å². The molecule has 0 aliphatic carbocycles. The first-order chi connectivity index (χ1) is 15.4. The lowest BCUT2D eigenvalue weighted by molar-refractivity contribution is -0.112. The van der Waals surface area contributed by atoms with E-state index in [0.717, 1.165) is 59.3 Å². The zero-order valence-electron chi connectivity index (χ0n) is 18.8. The first-order valence-corrected chi connectivity index (χ1v) is 11.5. The van der Waals surface area contributed by atoms with Crippen molar-refractivity contribution in [3.63, 3.8) is 0 Å². The second kappa shape index (κ2) is 8.97. The summed E-state index contributed by atoms with van der Waals surface area (Å²) in [7, 11) is 0. The van der Waals surface area contributed by atoms with Crippen molar-refractivity contribution in [1.82, 2.24) is 14.8 Å². The average molecular weight is 447 g/mol. The van der Waals surface area contributed by atoms with Crippen LogP contribution < -0.4 is 10.2 Å². The van der Waals surface area contributed by atoms with Gasteiger partial charge in [0.05, 0.1) is 0 Å². The molecule has 1 N–H and O–H groups in total. The fourth-order valence-electron chi connectivity index (χ4n) is 4.04. The molecule has 1 aliphatic heterocycles. The summed E-state index contributed by atoms with van der Waals surface area (Å²) >= 11 is 1.33. The van der Waals surface area contributed by atoms with E-state index in [1.807, 2.05) is 26.0 Å². The van der Waals surface area contributed by atoms with E-state index in [-0.39, 0.29) is 5.57 Å². The van der Waals surface area contributed by atoms with Gasteiger partial charge in [0, 0.05) is 30.2 Å². The molecule has 1 saturated heterocycles. The van der Waals surface area contributed by atoms with Crippen LogP contribution >= 0.6 is 11.3 Å². The molecule has 1 fully saturated rings. The number of amides is 1. The van der Waals surface area contributed by atoms with E-state index in [9.17, 15) is 10.1 Å². The maximum atomic E-state index is 12.8. The largest absolute Gasteiger partial charge is 0.347 e. The molecule has 1 aromatic carbocycles. The Morgan fingerprint density at radius 1 is 1.16 bits per heavy atom. The van der Waals surface area contributed by atoms with Crippen molar-refractivity contribution < 1.29 is 4.79 Å². The summed E-state index contributed by atoms with van der Waals surface area (Å²) in [4.78, 5) is 14.9. The number of aryl methyl sites for hydroxylation is 3. The number of hydrogen-bond donors (Lipinski definition) is 1. The molecule has 1 aliphatic rings. The van der Waals surface area contributed by atoms with Gasteiger partial charge in [-0.1, -0.05) is 23.5 Å². The summed E-state index contributed by atoms with van der Waals surface area (Å²) < 4.78 is 2.16. The molecule has 4 rings (SSSR count). The lowest BCUT2D eigenvalue weighted by atomic mass is 10.1. The molecule has 0 spiro atoms. The molecular formula is C24H26N6OS. The topological polar surface area (TPSA) is 86.8 Å². The number of nitriles is 1. The van der Waals surface area contributed by atoms with E-state index in [0.29, 0.717) is 5.13 Å². The third kappa shape index (κ3) is 4.30. The van der Waals surface area contributed by atoms with Gasteiger partial charge in [0.2, 0.25) is 10.3 Å². The Labute approximate surface area is 192 Å². The second-order valence-electron chi connectivity index (χ2n) is 8.16. The van der Waals surface area contributed by atoms with Crippen LogP contribution in [0.1, 0.15) is 40.9 Å². The van der Waals surface area contributed by atoms with Gasteiger partial charge >= 0.3 is 0 Å². The van der Waals surface area contributed by atoms with Gasteiger partial charge in [0.25, 0.3) is 5.91 Å². The van der Waals surface area contributed by atoms with Gasteiger partial charge < -0.3 is 9.47 Å². The first kappa shape index (κ1) is 21.8. The Morgan fingerprint density at radius 3 is 2.62 bits per heavy atom. The van der Waals surface area contributed by atoms with E-state index >= 15 is 0 Å². The molecule has 0 saturated carbocycles. The standard InChI is InChI=1S/C24H26N6OS/c1-15-7-8-16(2)21(11-15)30-17(3)12-19(18(30)4)13-20(14-25)22(31)26-23-27-28-24(32-23)29-9-5-6-10-29/h7-8,11-13H,5-6,9-10H2,1-4H3,(H,26,27,31)/b20-13-. The minimum atomic E-state index is -0.479. The van der Waals surface area contributed by atoms with Gasteiger partial charge in [-0.05, 0) is 75.4 Å². The maximum Gasteiger partial charge on any atom is 0.268 e. The first-order valence-electron chi connectivity index (χ1n) is 10.7. The Hall–Kier alpha value is -3.44. The minimum Gasteiger partial charge on any atom is -0.347 e. The number of benzene rings is 1. The Kier molecular flexibility index (Phi) is 6.10. The van der Waals surface area contributed by atoms with Crippen molar-refractivity contribution >= 4 is 33.6 Å². The highest BCUT2D eigenvalue weighted by molar-refractivity contribution is 7.19. The molecular weight excluding hydrogens is 420 g/mol. The van der Waals surface area contributed by atoms with Gasteiger partial charge in [-0.3, -0.25) is 10.1 Å². The van der Waals surface area contributed by atoms with Crippen LogP contribution in [0.3, 0.4) is 0 Å². The van der Waals surface area contributed by atoms with Gasteiger partial charge in [0.15, 0.2) is 0 Å². The molecule has 0 atom stereocenters. The predicted molar refractivity (Wildman–Crippen MR) is 128 cm³/mol. The van der Waals surface area contributed by atoms with Crippen LogP contribution in [-0.4, -0.2) is 33.8 Å². The van der Waals surface area contributed by atoms with Gasteiger partial charge in [0.1, 0.15) is 11.6 Å². The summed E-state index contributed by atoms with van der Waals surface area (Å²) in [5.74, 6) is -0.479. The maximum absolute atomic E-state index is 12.8. The molecule has 1 amide bonds. The molecule has 0 radical (unpaired) electrons. The third-order valence-corrected chi connectivity index (χ3v) is 6.65. The molecule has 0 bridgehead atoms. The predicted octanol–water partition coefficient (Wildman–Crippen LogP) is 4.71. The summed E-state index contributed by atoms with van der Waals surface area (Å²) in [6.07, 6.45) is 3.92. The summed E-state index contributed by atoms with van der Waals surface area (Å²) in [5, 5.41) is 21.8. The number of nitrogens with zero attached hydrogens (tertiary/aromatic N) is 5. The Bertz CT molecular complexity index is 1240. The van der Waals surface area contributed by atoms with Crippen molar-refractivity contribution in [2.75, 3.05) is 23.3 Å². The average Bonchev–Trinajstić information content (AvgIpc) is 3.49. The normalized spacial score (nSPS) is 14.0. The van der Waals surface area contributed by atoms with Gasteiger partial charge in [-0.2, -0.15) is 5.26 Å². The fourth-order valence-corrected chi connectivity index (χ4v) is 4.83. The van der Waals surface area contributed by atoms with Crippen molar-refractivity contribution in [1.29, 1.82) is 5.26 Å². The van der Waals surface area contributed by atoms with Crippen LogP contribution in [-0.2, 0) is 4.79 Å². The molecule has 8 heteroatoms. The van der Waals surface area contributed by atoms with Crippen LogP contribution in [0.15, 0.2) is 29.8 Å². The second-order valence-corrected chi connectivity index (χ2v) is 9.12. The third-order valence-electron chi connectivity index (χ3n) is 5.75. The molecule has 3 heterocycles. The number of carbonyl (C=O) groups excluding carboxylic acids is 1. The van der Waals surface area contributed by atoms with Crippen molar-refractivity contribution in [3.8, 4) is 11.8 Å². The lowest BCUT2D eigenvalue weighted by Gasteiger charge is -2.13. The number of rotatable bonds is 5. The molecule has 32 heavy (non-hydrogen) atoms. The molecule has 3 aromatic rings. The molecule has 164 valence electrons. The van der Waals surface area contributed by atoms with Crippen LogP contribution in [0.4, 0.5) is 10.3 Å². The van der Waals surface area contributed by atoms with Gasteiger partial charge in [-0.25, -0.2) is 0 Å². The highest BCUT2D eigenvalue weighted by Crippen LogP contribution is 2.28. The van der Waals surface area contributed by atoms with E-state index in [1.54, 1.807) is 6.08 Å². The SMILES string of the molecule is Cc1ccc(C)c(-n2c(C)cc(/C=C(/C#N)C(=O)Nc3nnc(N4CCCC4)s3)c2C)c1. The number of hydrogen-bond acceptors (Lipinski definition) is 6. The van der Waals surface area contributed by atoms with Crippen molar-refractivity contribution in [3.05, 3.63) is 57.9 Å². The summed E-state index contributed by atoms with van der Waals surface area (Å²) in [5.41, 5.74) is 6.33.